The average molecular weight is 409 g/mol. The topological polar surface area (TPSA) is 93.0 Å². The average Bonchev–Trinajstić information content (AvgIpc) is 2.77. The van der Waals surface area contributed by atoms with E-state index in [2.05, 4.69) is 0 Å². The largest absolute Gasteiger partial charge is 0.496 e. The molecule has 8 heteroatoms. The predicted octanol–water partition coefficient (Wildman–Crippen LogP) is 2.91. The molecule has 0 spiro atoms. The molecule has 1 aliphatic heterocycles. The number of hydrogen-bond acceptors (Lipinski definition) is 5. The lowest BCUT2D eigenvalue weighted by molar-refractivity contribution is -0.385. The molecule has 0 aliphatic carbocycles. The second kappa shape index (κ2) is 9.21. The van der Waals surface area contributed by atoms with Crippen LogP contribution >= 0.6 is 0 Å². The quantitative estimate of drug-likeness (QED) is 0.430. The fourth-order valence-corrected chi connectivity index (χ4v) is 3.33. The zero-order valence-electron chi connectivity index (χ0n) is 16.9. The van der Waals surface area contributed by atoms with Crippen molar-refractivity contribution >= 4 is 23.6 Å². The van der Waals surface area contributed by atoms with E-state index in [1.54, 1.807) is 47.2 Å². The number of carbonyl (C=O) groups excluding carboxylic acids is 2. The normalized spacial score (nSPS) is 14.1. The number of para-hydroxylation sites is 1. The number of nitro benzene ring substituents is 1. The summed E-state index contributed by atoms with van der Waals surface area (Å²) in [4.78, 5) is 39.2. The molecule has 3 rings (SSSR count). The van der Waals surface area contributed by atoms with Crippen LogP contribution < -0.4 is 4.74 Å². The highest BCUT2D eigenvalue weighted by molar-refractivity contribution is 5.95. The van der Waals surface area contributed by atoms with E-state index in [9.17, 15) is 19.7 Å². The number of benzene rings is 2. The van der Waals surface area contributed by atoms with Gasteiger partial charge in [-0.15, -0.1) is 0 Å². The molecule has 156 valence electrons. The number of methoxy groups -OCH3 is 1. The summed E-state index contributed by atoms with van der Waals surface area (Å²) >= 11 is 0. The van der Waals surface area contributed by atoms with Crippen molar-refractivity contribution in [3.05, 3.63) is 75.3 Å². The minimum absolute atomic E-state index is 0.0505. The molecule has 0 N–H and O–H groups in total. The molecule has 1 saturated heterocycles. The highest BCUT2D eigenvalue weighted by Gasteiger charge is 2.24. The van der Waals surface area contributed by atoms with Crippen molar-refractivity contribution in [1.29, 1.82) is 0 Å². The van der Waals surface area contributed by atoms with E-state index in [-0.39, 0.29) is 17.5 Å². The van der Waals surface area contributed by atoms with Gasteiger partial charge < -0.3 is 14.5 Å². The van der Waals surface area contributed by atoms with E-state index >= 15 is 0 Å². The number of carbonyl (C=O) groups is 2. The van der Waals surface area contributed by atoms with Gasteiger partial charge in [-0.2, -0.15) is 0 Å². The fourth-order valence-electron chi connectivity index (χ4n) is 3.33. The molecule has 2 aromatic rings. The first kappa shape index (κ1) is 21.0. The first-order valence-electron chi connectivity index (χ1n) is 9.55. The summed E-state index contributed by atoms with van der Waals surface area (Å²) in [6.45, 7) is 3.54. The second-order valence-electron chi connectivity index (χ2n) is 6.95. The van der Waals surface area contributed by atoms with Gasteiger partial charge in [0.05, 0.1) is 17.6 Å². The summed E-state index contributed by atoms with van der Waals surface area (Å²) in [7, 11) is 1.57. The summed E-state index contributed by atoms with van der Waals surface area (Å²) in [5, 5.41) is 11.1. The van der Waals surface area contributed by atoms with Crippen molar-refractivity contribution in [2.45, 2.75) is 6.92 Å². The molecule has 0 atom stereocenters. The van der Waals surface area contributed by atoms with E-state index in [4.69, 9.17) is 4.74 Å². The van der Waals surface area contributed by atoms with E-state index in [0.29, 0.717) is 43.1 Å². The maximum absolute atomic E-state index is 12.8. The SMILES string of the molecule is COc1cc(C(=O)N2CCN(C(=O)/C=C/c3ccccc3[N+](=O)[O-])CC2)ccc1C. The van der Waals surface area contributed by atoms with Gasteiger partial charge >= 0.3 is 0 Å². The van der Waals surface area contributed by atoms with Crippen LogP contribution in [0.25, 0.3) is 6.08 Å². The molecule has 0 radical (unpaired) electrons. The summed E-state index contributed by atoms with van der Waals surface area (Å²) in [6, 6.07) is 11.6. The number of amides is 2. The van der Waals surface area contributed by atoms with Gasteiger partial charge in [-0.05, 0) is 36.8 Å². The van der Waals surface area contributed by atoms with Gasteiger partial charge in [-0.3, -0.25) is 19.7 Å². The van der Waals surface area contributed by atoms with Crippen LogP contribution in [0.15, 0.2) is 48.5 Å². The highest BCUT2D eigenvalue weighted by atomic mass is 16.6. The lowest BCUT2D eigenvalue weighted by atomic mass is 10.1. The van der Waals surface area contributed by atoms with E-state index in [1.807, 2.05) is 13.0 Å². The molecule has 30 heavy (non-hydrogen) atoms. The number of nitro groups is 1. The lowest BCUT2D eigenvalue weighted by Gasteiger charge is -2.34. The zero-order chi connectivity index (χ0) is 21.7. The molecule has 1 aliphatic rings. The number of nitrogens with zero attached hydrogens (tertiary/aromatic N) is 3. The van der Waals surface area contributed by atoms with Crippen LogP contribution in [0.2, 0.25) is 0 Å². The van der Waals surface area contributed by atoms with Crippen molar-refractivity contribution in [2.24, 2.45) is 0 Å². The zero-order valence-corrected chi connectivity index (χ0v) is 16.9. The van der Waals surface area contributed by atoms with Crippen LogP contribution in [0.5, 0.6) is 5.75 Å². The molecular weight excluding hydrogens is 386 g/mol. The Morgan fingerprint density at radius 3 is 2.40 bits per heavy atom. The Hall–Kier alpha value is -3.68. The third-order valence-electron chi connectivity index (χ3n) is 5.07. The molecule has 0 saturated carbocycles. The first-order valence-corrected chi connectivity index (χ1v) is 9.55. The van der Waals surface area contributed by atoms with Crippen LogP contribution in [0.1, 0.15) is 21.5 Å². The van der Waals surface area contributed by atoms with Gasteiger partial charge in [0.2, 0.25) is 5.91 Å². The predicted molar refractivity (Wildman–Crippen MR) is 112 cm³/mol. The maximum atomic E-state index is 12.8. The first-order chi connectivity index (χ1) is 14.4. The molecule has 1 fully saturated rings. The van der Waals surface area contributed by atoms with Crippen LogP contribution in [0.4, 0.5) is 5.69 Å². The molecule has 1 heterocycles. The molecule has 2 aromatic carbocycles. The summed E-state index contributed by atoms with van der Waals surface area (Å²) < 4.78 is 5.28. The fraction of sp³-hybridized carbons (Fsp3) is 0.273. The van der Waals surface area contributed by atoms with E-state index in [0.717, 1.165) is 5.56 Å². The number of piperazine rings is 1. The van der Waals surface area contributed by atoms with Crippen molar-refractivity contribution in [3.8, 4) is 5.75 Å². The number of ether oxygens (including phenoxy) is 1. The Balaban J connectivity index is 1.61. The Labute approximate surface area is 174 Å². The Kier molecular flexibility index (Phi) is 6.46. The van der Waals surface area contributed by atoms with Crippen LogP contribution in [0.3, 0.4) is 0 Å². The summed E-state index contributed by atoms with van der Waals surface area (Å²) in [6.07, 6.45) is 2.79. The van der Waals surface area contributed by atoms with Crippen LogP contribution in [-0.4, -0.2) is 59.8 Å². The van der Waals surface area contributed by atoms with Gasteiger partial charge in [-0.1, -0.05) is 18.2 Å². The molecule has 8 nitrogen and oxygen atoms in total. The van der Waals surface area contributed by atoms with Crippen molar-refractivity contribution in [1.82, 2.24) is 9.80 Å². The smallest absolute Gasteiger partial charge is 0.276 e. The highest BCUT2D eigenvalue weighted by Crippen LogP contribution is 2.21. The Bertz CT molecular complexity index is 994. The number of aryl methyl sites for hydroxylation is 1. The molecule has 2 amide bonds. The van der Waals surface area contributed by atoms with Crippen LogP contribution in [0, 0.1) is 17.0 Å². The maximum Gasteiger partial charge on any atom is 0.276 e. The standard InChI is InChI=1S/C22H23N3O5/c1-16-7-8-18(15-20(16)30-2)22(27)24-13-11-23(12-14-24)21(26)10-9-17-5-3-4-6-19(17)25(28)29/h3-10,15H,11-14H2,1-2H3/b10-9+. The second-order valence-corrected chi connectivity index (χ2v) is 6.95. The monoisotopic (exact) mass is 409 g/mol. The Morgan fingerprint density at radius 1 is 1.07 bits per heavy atom. The molecule has 0 aromatic heterocycles. The molecule has 0 bridgehead atoms. The van der Waals surface area contributed by atoms with E-state index in [1.165, 1.54) is 18.2 Å². The van der Waals surface area contributed by atoms with Crippen molar-refractivity contribution in [2.75, 3.05) is 33.3 Å². The van der Waals surface area contributed by atoms with Crippen LogP contribution in [-0.2, 0) is 4.79 Å². The molecular formula is C22H23N3O5. The summed E-state index contributed by atoms with van der Waals surface area (Å²) in [5.41, 5.74) is 1.83. The lowest BCUT2D eigenvalue weighted by Crippen LogP contribution is -2.50. The number of hydrogen-bond donors (Lipinski definition) is 0. The minimum atomic E-state index is -0.478. The minimum Gasteiger partial charge on any atom is -0.496 e. The van der Waals surface area contributed by atoms with Crippen molar-refractivity contribution in [3.63, 3.8) is 0 Å². The molecule has 0 unspecified atom stereocenters. The van der Waals surface area contributed by atoms with Gasteiger partial charge in [0, 0.05) is 43.9 Å². The summed E-state index contributed by atoms with van der Waals surface area (Å²) in [5.74, 6) is 0.322. The third kappa shape index (κ3) is 4.65. The third-order valence-corrected chi connectivity index (χ3v) is 5.07. The van der Waals surface area contributed by atoms with Gasteiger partial charge in [-0.25, -0.2) is 0 Å². The van der Waals surface area contributed by atoms with Gasteiger partial charge in [0.15, 0.2) is 0 Å². The van der Waals surface area contributed by atoms with Gasteiger partial charge in [0.1, 0.15) is 5.75 Å². The Morgan fingerprint density at radius 2 is 1.73 bits per heavy atom. The van der Waals surface area contributed by atoms with Crippen molar-refractivity contribution < 1.29 is 19.2 Å². The van der Waals surface area contributed by atoms with E-state index < -0.39 is 4.92 Å². The van der Waals surface area contributed by atoms with Gasteiger partial charge in [0.25, 0.3) is 11.6 Å². The number of rotatable bonds is 5.